The SMILES string of the molecule is COC(=O)c1cc(C(O)C(O)CCS)ccc1O. The van der Waals surface area contributed by atoms with E-state index in [4.69, 9.17) is 0 Å². The van der Waals surface area contributed by atoms with Gasteiger partial charge in [-0.2, -0.15) is 12.6 Å². The molecule has 0 saturated carbocycles. The Labute approximate surface area is 110 Å². The van der Waals surface area contributed by atoms with Gasteiger partial charge in [0.2, 0.25) is 0 Å². The molecule has 2 unspecified atom stereocenters. The standard InChI is InChI=1S/C12H16O5S/c1-17-12(16)8-6-7(2-3-9(8)13)11(15)10(14)4-5-18/h2-3,6,10-11,13-15,18H,4-5H2,1H3. The number of phenolic OH excluding ortho intramolecular Hbond substituents is 1. The molecule has 0 amide bonds. The van der Waals surface area contributed by atoms with Crippen LogP contribution in [0.1, 0.15) is 28.4 Å². The Kier molecular flexibility index (Phi) is 5.46. The zero-order chi connectivity index (χ0) is 13.7. The van der Waals surface area contributed by atoms with Gasteiger partial charge >= 0.3 is 5.97 Å². The van der Waals surface area contributed by atoms with Gasteiger partial charge in [0.25, 0.3) is 0 Å². The molecule has 1 aromatic carbocycles. The molecule has 0 aliphatic rings. The van der Waals surface area contributed by atoms with Crippen LogP contribution in [-0.4, -0.2) is 40.3 Å². The Morgan fingerprint density at radius 1 is 1.44 bits per heavy atom. The van der Waals surface area contributed by atoms with Crippen LogP contribution in [0, 0.1) is 0 Å². The molecule has 100 valence electrons. The summed E-state index contributed by atoms with van der Waals surface area (Å²) in [5.74, 6) is -0.507. The van der Waals surface area contributed by atoms with Gasteiger partial charge in [0.15, 0.2) is 0 Å². The Bertz CT molecular complexity index is 421. The van der Waals surface area contributed by atoms with Crippen molar-refractivity contribution in [2.45, 2.75) is 18.6 Å². The molecule has 18 heavy (non-hydrogen) atoms. The fourth-order valence-corrected chi connectivity index (χ4v) is 1.79. The highest BCUT2D eigenvalue weighted by molar-refractivity contribution is 7.80. The van der Waals surface area contributed by atoms with Crippen molar-refractivity contribution in [1.82, 2.24) is 0 Å². The van der Waals surface area contributed by atoms with Crippen LogP contribution < -0.4 is 0 Å². The maximum absolute atomic E-state index is 11.4. The van der Waals surface area contributed by atoms with Crippen LogP contribution in [0.3, 0.4) is 0 Å². The van der Waals surface area contributed by atoms with Gasteiger partial charge in [-0.3, -0.25) is 0 Å². The van der Waals surface area contributed by atoms with Crippen LogP contribution >= 0.6 is 12.6 Å². The molecular weight excluding hydrogens is 256 g/mol. The summed E-state index contributed by atoms with van der Waals surface area (Å²) >= 11 is 3.97. The second-order valence-corrected chi connectivity index (χ2v) is 4.24. The molecule has 0 aliphatic heterocycles. The number of hydrogen-bond acceptors (Lipinski definition) is 6. The van der Waals surface area contributed by atoms with E-state index in [0.717, 1.165) is 0 Å². The van der Waals surface area contributed by atoms with E-state index in [1.54, 1.807) is 0 Å². The molecule has 0 radical (unpaired) electrons. The van der Waals surface area contributed by atoms with Gasteiger partial charge in [-0.05, 0) is 29.9 Å². The van der Waals surface area contributed by atoms with Crippen molar-refractivity contribution in [3.8, 4) is 5.75 Å². The molecule has 0 aromatic heterocycles. The van der Waals surface area contributed by atoms with Gasteiger partial charge < -0.3 is 20.1 Å². The number of ether oxygens (including phenoxy) is 1. The first kappa shape index (κ1) is 14.8. The van der Waals surface area contributed by atoms with E-state index in [0.29, 0.717) is 17.7 Å². The van der Waals surface area contributed by atoms with E-state index >= 15 is 0 Å². The molecule has 0 bridgehead atoms. The Morgan fingerprint density at radius 2 is 2.11 bits per heavy atom. The molecule has 2 atom stereocenters. The first-order chi connectivity index (χ1) is 8.51. The van der Waals surface area contributed by atoms with Crippen LogP contribution in [0.25, 0.3) is 0 Å². The number of aromatic hydroxyl groups is 1. The molecule has 1 rings (SSSR count). The van der Waals surface area contributed by atoms with Crippen molar-refractivity contribution in [2.75, 3.05) is 12.9 Å². The Balaban J connectivity index is 3.00. The highest BCUT2D eigenvalue weighted by Gasteiger charge is 2.20. The summed E-state index contributed by atoms with van der Waals surface area (Å²) < 4.78 is 4.50. The second kappa shape index (κ2) is 6.63. The van der Waals surface area contributed by atoms with Crippen molar-refractivity contribution in [3.63, 3.8) is 0 Å². The number of esters is 1. The maximum Gasteiger partial charge on any atom is 0.341 e. The number of rotatable bonds is 5. The summed E-state index contributed by atoms with van der Waals surface area (Å²) in [6, 6.07) is 4.01. The average Bonchev–Trinajstić information content (AvgIpc) is 2.38. The lowest BCUT2D eigenvalue weighted by molar-refractivity contribution is 0.0171. The number of aliphatic hydroxyl groups is 2. The van der Waals surface area contributed by atoms with Crippen LogP contribution in [-0.2, 0) is 4.74 Å². The fraction of sp³-hybridized carbons (Fsp3) is 0.417. The molecule has 6 heteroatoms. The molecule has 0 saturated heterocycles. The van der Waals surface area contributed by atoms with Gasteiger partial charge in [0.05, 0.1) is 13.2 Å². The normalized spacial score (nSPS) is 14.0. The van der Waals surface area contributed by atoms with Crippen LogP contribution in [0.2, 0.25) is 0 Å². The zero-order valence-corrected chi connectivity index (χ0v) is 10.8. The second-order valence-electron chi connectivity index (χ2n) is 3.79. The van der Waals surface area contributed by atoms with E-state index in [1.807, 2.05) is 0 Å². The topological polar surface area (TPSA) is 87.0 Å². The van der Waals surface area contributed by atoms with Crippen LogP contribution in [0.4, 0.5) is 0 Å². The minimum Gasteiger partial charge on any atom is -0.507 e. The first-order valence-electron chi connectivity index (χ1n) is 5.39. The summed E-state index contributed by atoms with van der Waals surface area (Å²) in [6.07, 6.45) is -1.79. The first-order valence-corrected chi connectivity index (χ1v) is 6.02. The Hall–Kier alpha value is -1.24. The number of aliphatic hydroxyl groups excluding tert-OH is 2. The fourth-order valence-electron chi connectivity index (χ4n) is 1.52. The summed E-state index contributed by atoms with van der Waals surface area (Å²) in [5, 5.41) is 29.0. The summed E-state index contributed by atoms with van der Waals surface area (Å²) in [7, 11) is 1.20. The number of carbonyl (C=O) groups is 1. The quantitative estimate of drug-likeness (QED) is 0.472. The van der Waals surface area contributed by atoms with Gasteiger partial charge in [-0.25, -0.2) is 4.79 Å². The number of phenols is 1. The van der Waals surface area contributed by atoms with Gasteiger partial charge in [-0.1, -0.05) is 6.07 Å². The third-order valence-electron chi connectivity index (χ3n) is 2.56. The smallest absolute Gasteiger partial charge is 0.341 e. The molecule has 3 N–H and O–H groups in total. The lowest BCUT2D eigenvalue weighted by Gasteiger charge is -2.18. The van der Waals surface area contributed by atoms with Crippen molar-refractivity contribution >= 4 is 18.6 Å². The van der Waals surface area contributed by atoms with Gasteiger partial charge in [-0.15, -0.1) is 0 Å². The third kappa shape index (κ3) is 3.38. The highest BCUT2D eigenvalue weighted by Crippen LogP contribution is 2.25. The zero-order valence-electron chi connectivity index (χ0n) is 9.91. The maximum atomic E-state index is 11.4. The molecule has 1 aromatic rings. The Morgan fingerprint density at radius 3 is 2.67 bits per heavy atom. The largest absolute Gasteiger partial charge is 0.507 e. The lowest BCUT2D eigenvalue weighted by Crippen LogP contribution is -2.19. The van der Waals surface area contributed by atoms with Gasteiger partial charge in [0.1, 0.15) is 17.4 Å². The molecule has 0 spiro atoms. The van der Waals surface area contributed by atoms with E-state index in [9.17, 15) is 20.1 Å². The van der Waals surface area contributed by atoms with Crippen molar-refractivity contribution < 1.29 is 24.9 Å². The predicted molar refractivity (Wildman–Crippen MR) is 68.9 cm³/mol. The monoisotopic (exact) mass is 272 g/mol. The lowest BCUT2D eigenvalue weighted by atomic mass is 10.00. The molecule has 0 heterocycles. The van der Waals surface area contributed by atoms with E-state index < -0.39 is 18.2 Å². The van der Waals surface area contributed by atoms with Crippen LogP contribution in [0.15, 0.2) is 18.2 Å². The predicted octanol–water partition coefficient (Wildman–Crippen LogP) is 0.893. The molecule has 0 aliphatic carbocycles. The van der Waals surface area contributed by atoms with Crippen molar-refractivity contribution in [2.24, 2.45) is 0 Å². The number of thiol groups is 1. The molecule has 5 nitrogen and oxygen atoms in total. The van der Waals surface area contributed by atoms with Crippen molar-refractivity contribution in [1.29, 1.82) is 0 Å². The average molecular weight is 272 g/mol. The van der Waals surface area contributed by atoms with Crippen LogP contribution in [0.5, 0.6) is 5.75 Å². The van der Waals surface area contributed by atoms with E-state index in [1.165, 1.54) is 25.3 Å². The summed E-state index contributed by atoms with van der Waals surface area (Å²) in [6.45, 7) is 0. The number of hydrogen-bond donors (Lipinski definition) is 4. The summed E-state index contributed by atoms with van der Waals surface area (Å²) in [4.78, 5) is 11.4. The number of benzene rings is 1. The molecular formula is C12H16O5S. The van der Waals surface area contributed by atoms with E-state index in [2.05, 4.69) is 17.4 Å². The van der Waals surface area contributed by atoms with Gasteiger partial charge in [0, 0.05) is 0 Å². The highest BCUT2D eigenvalue weighted by atomic mass is 32.1. The minimum absolute atomic E-state index is 0.0490. The van der Waals surface area contributed by atoms with Crippen molar-refractivity contribution in [3.05, 3.63) is 29.3 Å². The number of methoxy groups -OCH3 is 1. The minimum atomic E-state index is -1.14. The molecule has 0 fully saturated rings. The third-order valence-corrected chi connectivity index (χ3v) is 2.81. The van der Waals surface area contributed by atoms with E-state index in [-0.39, 0.29) is 11.3 Å². The number of carbonyl (C=O) groups excluding carboxylic acids is 1. The summed E-state index contributed by atoms with van der Waals surface area (Å²) in [5.41, 5.74) is 0.287.